The maximum atomic E-state index is 4.44. The molecule has 1 aromatic rings. The zero-order valence-corrected chi connectivity index (χ0v) is 10.4. The number of nitrogens with zero attached hydrogens (tertiary/aromatic N) is 3. The number of hydrogen-bond acceptors (Lipinski definition) is 4. The normalized spacial score (nSPS) is 14.6. The molecule has 1 aromatic heterocycles. The molecule has 0 aliphatic heterocycles. The Bertz CT molecular complexity index is 356. The van der Waals surface area contributed by atoms with Crippen molar-refractivity contribution in [2.24, 2.45) is 0 Å². The molecule has 4 heteroatoms. The first-order chi connectivity index (χ1) is 8.33. The Labute approximate surface area is 103 Å². The van der Waals surface area contributed by atoms with E-state index in [-0.39, 0.29) is 0 Å². The van der Waals surface area contributed by atoms with Gasteiger partial charge in [-0.05, 0) is 19.8 Å². The average Bonchev–Trinajstić information content (AvgIpc) is 3.18. The molecule has 4 nitrogen and oxygen atoms in total. The first-order valence-corrected chi connectivity index (χ1v) is 6.23. The van der Waals surface area contributed by atoms with Gasteiger partial charge in [-0.15, -0.1) is 6.58 Å². The predicted molar refractivity (Wildman–Crippen MR) is 70.0 cm³/mol. The summed E-state index contributed by atoms with van der Waals surface area (Å²) in [5.74, 6) is 0.919. The van der Waals surface area contributed by atoms with E-state index in [9.17, 15) is 0 Å². The summed E-state index contributed by atoms with van der Waals surface area (Å²) >= 11 is 0. The molecule has 0 amide bonds. The largest absolute Gasteiger partial charge is 0.352 e. The number of rotatable bonds is 7. The summed E-state index contributed by atoms with van der Waals surface area (Å²) < 4.78 is 0. The lowest BCUT2D eigenvalue weighted by Crippen LogP contribution is -2.24. The lowest BCUT2D eigenvalue weighted by Gasteiger charge is -2.19. The van der Waals surface area contributed by atoms with Crippen LogP contribution in [0.15, 0.2) is 25.0 Å². The van der Waals surface area contributed by atoms with E-state index in [1.165, 1.54) is 12.8 Å². The Kier molecular flexibility index (Phi) is 4.09. The Morgan fingerprint density at radius 1 is 1.47 bits per heavy atom. The maximum absolute atomic E-state index is 4.44. The molecule has 1 heterocycles. The van der Waals surface area contributed by atoms with Gasteiger partial charge in [0.25, 0.3) is 0 Å². The third-order valence-corrected chi connectivity index (χ3v) is 2.90. The quantitative estimate of drug-likeness (QED) is 0.727. The van der Waals surface area contributed by atoms with Gasteiger partial charge in [0, 0.05) is 25.7 Å². The summed E-state index contributed by atoms with van der Waals surface area (Å²) in [5, 5.41) is 3.43. The van der Waals surface area contributed by atoms with Crippen LogP contribution in [-0.4, -0.2) is 29.1 Å². The highest BCUT2D eigenvalue weighted by molar-refractivity contribution is 5.36. The average molecular weight is 232 g/mol. The molecular formula is C13H20N4. The molecular weight excluding hydrogens is 212 g/mol. The smallest absolute Gasteiger partial charge is 0.147 e. The topological polar surface area (TPSA) is 41.1 Å². The minimum Gasteiger partial charge on any atom is -0.352 e. The van der Waals surface area contributed by atoms with E-state index in [1.807, 2.05) is 18.5 Å². The van der Waals surface area contributed by atoms with Gasteiger partial charge >= 0.3 is 0 Å². The zero-order valence-electron chi connectivity index (χ0n) is 10.4. The van der Waals surface area contributed by atoms with E-state index in [4.69, 9.17) is 0 Å². The minimum absolute atomic E-state index is 0.712. The monoisotopic (exact) mass is 232 g/mol. The molecule has 0 bridgehead atoms. The molecule has 1 aliphatic carbocycles. The van der Waals surface area contributed by atoms with Crippen LogP contribution in [0.3, 0.4) is 0 Å². The number of aromatic nitrogens is 2. The third-order valence-electron chi connectivity index (χ3n) is 2.90. The molecule has 1 saturated carbocycles. The second-order valence-corrected chi connectivity index (χ2v) is 4.35. The van der Waals surface area contributed by atoms with Crippen molar-refractivity contribution in [2.45, 2.75) is 32.4 Å². The molecule has 1 N–H and O–H groups in total. The van der Waals surface area contributed by atoms with Crippen LogP contribution in [0.2, 0.25) is 0 Å². The number of hydrogen-bond donors (Lipinski definition) is 1. The van der Waals surface area contributed by atoms with Crippen LogP contribution in [0.25, 0.3) is 0 Å². The fourth-order valence-electron chi connectivity index (χ4n) is 1.68. The van der Waals surface area contributed by atoms with Crippen molar-refractivity contribution in [3.63, 3.8) is 0 Å². The van der Waals surface area contributed by atoms with Crippen molar-refractivity contribution in [3.8, 4) is 0 Å². The third kappa shape index (κ3) is 3.53. The summed E-state index contributed by atoms with van der Waals surface area (Å²) in [7, 11) is 0. The highest BCUT2D eigenvalue weighted by atomic mass is 15.2. The van der Waals surface area contributed by atoms with Crippen LogP contribution < -0.4 is 10.2 Å². The Hall–Kier alpha value is -1.42. The maximum Gasteiger partial charge on any atom is 0.147 e. The number of likely N-dealkylation sites (N-methyl/N-ethyl adjacent to an activating group) is 1. The lowest BCUT2D eigenvalue weighted by atomic mass is 10.4. The second-order valence-electron chi connectivity index (χ2n) is 4.35. The summed E-state index contributed by atoms with van der Waals surface area (Å²) in [6.45, 7) is 8.40. The van der Waals surface area contributed by atoms with Crippen molar-refractivity contribution in [3.05, 3.63) is 30.7 Å². The van der Waals surface area contributed by atoms with Gasteiger partial charge in [0.05, 0.1) is 18.1 Å². The van der Waals surface area contributed by atoms with Crippen molar-refractivity contribution < 1.29 is 0 Å². The standard InChI is InChI=1S/C13H20N4/c1-3-7-17(4-2)13-10-15-12(9-16-13)8-14-11-5-6-11/h3,9-11,14H,1,4-8H2,2H3. The van der Waals surface area contributed by atoms with E-state index in [0.29, 0.717) is 6.04 Å². The summed E-state index contributed by atoms with van der Waals surface area (Å²) in [5.41, 5.74) is 1.01. The van der Waals surface area contributed by atoms with Gasteiger partial charge in [-0.2, -0.15) is 0 Å². The fourth-order valence-corrected chi connectivity index (χ4v) is 1.68. The summed E-state index contributed by atoms with van der Waals surface area (Å²) in [6.07, 6.45) is 8.18. The number of anilines is 1. The Morgan fingerprint density at radius 2 is 2.29 bits per heavy atom. The molecule has 0 unspecified atom stereocenters. The summed E-state index contributed by atoms with van der Waals surface area (Å²) in [6, 6.07) is 0.712. The van der Waals surface area contributed by atoms with Gasteiger partial charge in [0.15, 0.2) is 0 Å². The molecule has 92 valence electrons. The van der Waals surface area contributed by atoms with E-state index >= 15 is 0 Å². The van der Waals surface area contributed by atoms with E-state index in [2.05, 4.69) is 33.7 Å². The molecule has 17 heavy (non-hydrogen) atoms. The second kappa shape index (κ2) is 5.77. The summed E-state index contributed by atoms with van der Waals surface area (Å²) in [4.78, 5) is 11.0. The highest BCUT2D eigenvalue weighted by Crippen LogP contribution is 2.19. The van der Waals surface area contributed by atoms with Crippen LogP contribution in [-0.2, 0) is 6.54 Å². The van der Waals surface area contributed by atoms with E-state index < -0.39 is 0 Å². The van der Waals surface area contributed by atoms with E-state index in [1.54, 1.807) is 0 Å². The first kappa shape index (κ1) is 12.0. The molecule has 1 fully saturated rings. The molecule has 0 radical (unpaired) electrons. The predicted octanol–water partition coefficient (Wildman–Crippen LogP) is 1.74. The van der Waals surface area contributed by atoms with Gasteiger partial charge in [0.2, 0.25) is 0 Å². The first-order valence-electron chi connectivity index (χ1n) is 6.23. The SMILES string of the molecule is C=CCN(CC)c1cnc(CNC2CC2)cn1. The van der Waals surface area contributed by atoms with Crippen molar-refractivity contribution >= 4 is 5.82 Å². The van der Waals surface area contributed by atoms with Gasteiger partial charge in [0.1, 0.15) is 5.82 Å². The van der Waals surface area contributed by atoms with Gasteiger partial charge in [-0.3, -0.25) is 4.98 Å². The van der Waals surface area contributed by atoms with Crippen LogP contribution in [0.4, 0.5) is 5.82 Å². The van der Waals surface area contributed by atoms with E-state index in [0.717, 1.165) is 31.1 Å². The zero-order chi connectivity index (χ0) is 12.1. The molecule has 2 rings (SSSR count). The Balaban J connectivity index is 1.92. The molecule has 0 saturated heterocycles. The lowest BCUT2D eigenvalue weighted by molar-refractivity contribution is 0.671. The van der Waals surface area contributed by atoms with Crippen LogP contribution >= 0.6 is 0 Å². The van der Waals surface area contributed by atoms with Gasteiger partial charge in [-0.25, -0.2) is 4.98 Å². The molecule has 0 aromatic carbocycles. The van der Waals surface area contributed by atoms with Gasteiger partial charge < -0.3 is 10.2 Å². The number of nitrogens with one attached hydrogen (secondary N) is 1. The highest BCUT2D eigenvalue weighted by Gasteiger charge is 2.20. The molecule has 0 spiro atoms. The van der Waals surface area contributed by atoms with Crippen LogP contribution in [0.1, 0.15) is 25.5 Å². The fraction of sp³-hybridized carbons (Fsp3) is 0.538. The molecule has 1 aliphatic rings. The Morgan fingerprint density at radius 3 is 2.82 bits per heavy atom. The molecule has 0 atom stereocenters. The minimum atomic E-state index is 0.712. The van der Waals surface area contributed by atoms with Crippen molar-refractivity contribution in [1.82, 2.24) is 15.3 Å². The van der Waals surface area contributed by atoms with Crippen LogP contribution in [0.5, 0.6) is 0 Å². The van der Waals surface area contributed by atoms with Gasteiger partial charge in [-0.1, -0.05) is 6.08 Å². The van der Waals surface area contributed by atoms with Crippen molar-refractivity contribution in [2.75, 3.05) is 18.0 Å². The van der Waals surface area contributed by atoms with Crippen molar-refractivity contribution in [1.29, 1.82) is 0 Å². The van der Waals surface area contributed by atoms with Crippen LogP contribution in [0, 0.1) is 0 Å².